The Morgan fingerprint density at radius 3 is 2.47 bits per heavy atom. The first kappa shape index (κ1) is 12.9. The molecule has 0 aromatic heterocycles. The van der Waals surface area contributed by atoms with Crippen molar-refractivity contribution in [2.75, 3.05) is 13.2 Å². The number of hydrogen-bond acceptors (Lipinski definition) is 3. The minimum Gasteiger partial charge on any atom is -0.381 e. The number of rotatable bonds is 2. The van der Waals surface area contributed by atoms with Crippen LogP contribution in [0.4, 0.5) is 0 Å². The van der Waals surface area contributed by atoms with E-state index in [9.17, 15) is 9.59 Å². The van der Waals surface area contributed by atoms with E-state index in [1.807, 2.05) is 11.8 Å². The fourth-order valence-electron chi connectivity index (χ4n) is 3.33. The Morgan fingerprint density at radius 1 is 1.26 bits per heavy atom. The Kier molecular flexibility index (Phi) is 3.04. The molecule has 19 heavy (non-hydrogen) atoms. The molecule has 5 nitrogen and oxygen atoms in total. The smallest absolute Gasteiger partial charge is 0.246 e. The van der Waals surface area contributed by atoms with Crippen LogP contribution in [0.5, 0.6) is 0 Å². The summed E-state index contributed by atoms with van der Waals surface area (Å²) in [6, 6.07) is -0.658. The normalized spacial score (nSPS) is 35.2. The number of piperazine rings is 1. The van der Waals surface area contributed by atoms with Crippen molar-refractivity contribution in [3.63, 3.8) is 0 Å². The van der Waals surface area contributed by atoms with Crippen LogP contribution in [0.1, 0.15) is 39.5 Å². The Bertz CT molecular complexity index is 399. The highest BCUT2D eigenvalue weighted by Gasteiger charge is 2.51. The monoisotopic (exact) mass is 266 g/mol. The van der Waals surface area contributed by atoms with Crippen LogP contribution >= 0.6 is 0 Å². The van der Waals surface area contributed by atoms with Crippen LogP contribution in [0, 0.1) is 5.92 Å². The van der Waals surface area contributed by atoms with E-state index in [4.69, 9.17) is 4.74 Å². The third-order valence-electron chi connectivity index (χ3n) is 4.81. The number of carbonyl (C=O) groups excluding carboxylic acids is 2. The molecule has 2 aliphatic heterocycles. The molecule has 2 saturated heterocycles. The fourth-order valence-corrected chi connectivity index (χ4v) is 3.33. The number of carbonyl (C=O) groups is 2. The second-order valence-corrected chi connectivity index (χ2v) is 6.32. The van der Waals surface area contributed by atoms with Crippen molar-refractivity contribution in [2.45, 2.75) is 57.2 Å². The number of ether oxygens (including phenoxy) is 1. The van der Waals surface area contributed by atoms with Gasteiger partial charge in [0.1, 0.15) is 12.1 Å². The summed E-state index contributed by atoms with van der Waals surface area (Å²) in [4.78, 5) is 26.7. The van der Waals surface area contributed by atoms with Crippen molar-refractivity contribution in [1.82, 2.24) is 10.2 Å². The van der Waals surface area contributed by atoms with Crippen LogP contribution in [0.25, 0.3) is 0 Å². The largest absolute Gasteiger partial charge is 0.381 e. The first-order valence-corrected chi connectivity index (χ1v) is 7.24. The Morgan fingerprint density at radius 2 is 1.89 bits per heavy atom. The third kappa shape index (κ3) is 2.14. The van der Waals surface area contributed by atoms with Gasteiger partial charge in [0.05, 0.1) is 0 Å². The van der Waals surface area contributed by atoms with E-state index >= 15 is 0 Å². The first-order valence-electron chi connectivity index (χ1n) is 7.24. The molecule has 106 valence electrons. The van der Waals surface area contributed by atoms with Crippen molar-refractivity contribution >= 4 is 11.8 Å². The maximum Gasteiger partial charge on any atom is 0.246 e. The van der Waals surface area contributed by atoms with Crippen molar-refractivity contribution in [3.05, 3.63) is 0 Å². The molecule has 2 atom stereocenters. The maximum absolute atomic E-state index is 12.7. The molecule has 3 fully saturated rings. The second-order valence-electron chi connectivity index (χ2n) is 6.32. The molecule has 2 heterocycles. The van der Waals surface area contributed by atoms with Crippen LogP contribution in [0.15, 0.2) is 0 Å². The lowest BCUT2D eigenvalue weighted by atomic mass is 9.86. The Balaban J connectivity index is 1.87. The van der Waals surface area contributed by atoms with Crippen molar-refractivity contribution in [1.29, 1.82) is 0 Å². The van der Waals surface area contributed by atoms with Crippen LogP contribution < -0.4 is 5.32 Å². The van der Waals surface area contributed by atoms with Gasteiger partial charge in [-0.15, -0.1) is 0 Å². The van der Waals surface area contributed by atoms with Gasteiger partial charge < -0.3 is 15.0 Å². The highest BCUT2D eigenvalue weighted by Crippen LogP contribution is 2.38. The van der Waals surface area contributed by atoms with Crippen LogP contribution in [-0.2, 0) is 14.3 Å². The summed E-state index contributed by atoms with van der Waals surface area (Å²) in [5, 5.41) is 2.90. The third-order valence-corrected chi connectivity index (χ3v) is 4.81. The summed E-state index contributed by atoms with van der Waals surface area (Å²) in [5.41, 5.74) is -0.236. The number of amides is 2. The van der Waals surface area contributed by atoms with Gasteiger partial charge in [-0.3, -0.25) is 9.59 Å². The molecule has 0 bridgehead atoms. The van der Waals surface area contributed by atoms with Gasteiger partial charge in [-0.05, 0) is 45.4 Å². The van der Waals surface area contributed by atoms with E-state index in [0.29, 0.717) is 19.1 Å². The molecule has 0 spiro atoms. The van der Waals surface area contributed by atoms with Gasteiger partial charge in [0.2, 0.25) is 11.8 Å². The predicted molar refractivity (Wildman–Crippen MR) is 69.4 cm³/mol. The van der Waals surface area contributed by atoms with Gasteiger partial charge in [-0.2, -0.15) is 0 Å². The molecular weight excluding hydrogens is 244 g/mol. The van der Waals surface area contributed by atoms with Gasteiger partial charge in [0.15, 0.2) is 0 Å². The van der Waals surface area contributed by atoms with Gasteiger partial charge >= 0.3 is 0 Å². The summed E-state index contributed by atoms with van der Waals surface area (Å²) >= 11 is 0. The average Bonchev–Trinajstić information content (AvgIpc) is 3.19. The molecule has 3 aliphatic rings. The Hall–Kier alpha value is -1.10. The van der Waals surface area contributed by atoms with Crippen molar-refractivity contribution < 1.29 is 14.3 Å². The minimum atomic E-state index is -0.370. The standard InChI is InChI=1S/C14H22N2O3/c1-9-12(17)15-11(10-3-4-10)13(18)16(9)14(2)5-7-19-8-6-14/h9-11H,3-8H2,1-2H3,(H,15,17). The lowest BCUT2D eigenvalue weighted by Crippen LogP contribution is -2.69. The van der Waals surface area contributed by atoms with Gasteiger partial charge in [-0.1, -0.05) is 0 Å². The second kappa shape index (κ2) is 4.47. The molecule has 1 saturated carbocycles. The van der Waals surface area contributed by atoms with Crippen LogP contribution in [0.2, 0.25) is 0 Å². The molecule has 3 rings (SSSR count). The van der Waals surface area contributed by atoms with Crippen LogP contribution in [-0.4, -0.2) is 47.6 Å². The summed E-state index contributed by atoms with van der Waals surface area (Å²) in [6.07, 6.45) is 3.74. The van der Waals surface area contributed by atoms with E-state index in [1.54, 1.807) is 0 Å². The summed E-state index contributed by atoms with van der Waals surface area (Å²) < 4.78 is 5.40. The van der Waals surface area contributed by atoms with Crippen LogP contribution in [0.3, 0.4) is 0 Å². The summed E-state index contributed by atoms with van der Waals surface area (Å²) in [6.45, 7) is 5.26. The fraction of sp³-hybridized carbons (Fsp3) is 0.857. The van der Waals surface area contributed by atoms with E-state index in [-0.39, 0.29) is 29.4 Å². The summed E-state index contributed by atoms with van der Waals surface area (Å²) in [7, 11) is 0. The van der Waals surface area contributed by atoms with E-state index in [2.05, 4.69) is 12.2 Å². The molecule has 0 aromatic rings. The zero-order valence-corrected chi connectivity index (χ0v) is 11.6. The molecule has 2 unspecified atom stereocenters. The van der Waals surface area contributed by atoms with E-state index in [1.165, 1.54) is 0 Å². The zero-order chi connectivity index (χ0) is 13.6. The van der Waals surface area contributed by atoms with E-state index in [0.717, 1.165) is 25.7 Å². The molecule has 5 heteroatoms. The SMILES string of the molecule is CC1C(=O)NC(C2CC2)C(=O)N1C1(C)CCOCC1. The highest BCUT2D eigenvalue weighted by molar-refractivity contribution is 5.97. The van der Waals surface area contributed by atoms with E-state index < -0.39 is 0 Å². The van der Waals surface area contributed by atoms with Crippen molar-refractivity contribution in [3.8, 4) is 0 Å². The first-order chi connectivity index (χ1) is 9.03. The lowest BCUT2D eigenvalue weighted by molar-refractivity contribution is -0.160. The molecule has 0 aromatic carbocycles. The quantitative estimate of drug-likeness (QED) is 0.799. The number of nitrogens with one attached hydrogen (secondary N) is 1. The predicted octanol–water partition coefficient (Wildman–Crippen LogP) is 0.681. The molecule has 1 N–H and O–H groups in total. The van der Waals surface area contributed by atoms with Gasteiger partial charge in [0.25, 0.3) is 0 Å². The highest BCUT2D eigenvalue weighted by atomic mass is 16.5. The van der Waals surface area contributed by atoms with Gasteiger partial charge in [-0.25, -0.2) is 0 Å². The number of hydrogen-bond donors (Lipinski definition) is 1. The molecule has 0 radical (unpaired) electrons. The minimum absolute atomic E-state index is 0.00998. The molecule has 2 amide bonds. The molecule has 1 aliphatic carbocycles. The summed E-state index contributed by atoms with van der Waals surface area (Å²) in [5.74, 6) is 0.457. The Labute approximate surface area is 113 Å². The van der Waals surface area contributed by atoms with Gasteiger partial charge in [0, 0.05) is 18.8 Å². The topological polar surface area (TPSA) is 58.6 Å². The number of nitrogens with zero attached hydrogens (tertiary/aromatic N) is 1. The average molecular weight is 266 g/mol. The maximum atomic E-state index is 12.7. The molecular formula is C14H22N2O3. The van der Waals surface area contributed by atoms with Crippen molar-refractivity contribution in [2.24, 2.45) is 5.92 Å². The zero-order valence-electron chi connectivity index (χ0n) is 11.6. The lowest BCUT2D eigenvalue weighted by Gasteiger charge is -2.50.